The van der Waals surface area contributed by atoms with Crippen LogP contribution in [0, 0.1) is 0 Å². The third-order valence-corrected chi connectivity index (χ3v) is 8.46. The van der Waals surface area contributed by atoms with Crippen molar-refractivity contribution in [2.45, 2.75) is 76.8 Å². The summed E-state index contributed by atoms with van der Waals surface area (Å²) in [5, 5.41) is 3.49. The van der Waals surface area contributed by atoms with Gasteiger partial charge in [0.25, 0.3) is 5.91 Å². The lowest BCUT2D eigenvalue weighted by Gasteiger charge is -2.52. The first-order valence-electron chi connectivity index (χ1n) is 15.4. The van der Waals surface area contributed by atoms with Gasteiger partial charge in [-0.05, 0) is 67.5 Å². The average Bonchev–Trinajstić information content (AvgIpc) is 3.03. The molecule has 2 fully saturated rings. The number of piperazine rings is 1. The number of unbranched alkanes of at least 4 members (excludes halogenated alkanes) is 1. The Morgan fingerprint density at radius 1 is 1.00 bits per heavy atom. The Morgan fingerprint density at radius 2 is 1.74 bits per heavy atom. The summed E-state index contributed by atoms with van der Waals surface area (Å²) in [5.74, 6) is -0.404. The Balaban J connectivity index is 1.45. The fourth-order valence-corrected chi connectivity index (χ4v) is 5.96. The largest absolute Gasteiger partial charge is 0.445 e. The van der Waals surface area contributed by atoms with Crippen LogP contribution in [0.1, 0.15) is 50.7 Å². The zero-order valence-corrected chi connectivity index (χ0v) is 25.1. The van der Waals surface area contributed by atoms with Gasteiger partial charge in [0, 0.05) is 13.0 Å². The van der Waals surface area contributed by atoms with Crippen LogP contribution in [0.4, 0.5) is 4.79 Å². The molecule has 0 saturated carbocycles. The molecule has 2 aliphatic heterocycles. The molecule has 9 nitrogen and oxygen atoms in total. The van der Waals surface area contributed by atoms with Gasteiger partial charge < -0.3 is 20.3 Å². The number of nitrogens with two attached hydrogens (primary N) is 1. The maximum Gasteiger partial charge on any atom is 0.436 e. The van der Waals surface area contributed by atoms with Crippen molar-refractivity contribution in [2.75, 3.05) is 19.6 Å². The van der Waals surface area contributed by atoms with E-state index >= 15 is 0 Å². The number of ether oxygens (including phenoxy) is 1. The van der Waals surface area contributed by atoms with Crippen LogP contribution >= 0.6 is 0 Å². The van der Waals surface area contributed by atoms with Crippen LogP contribution in [0.5, 0.6) is 0 Å². The highest BCUT2D eigenvalue weighted by Crippen LogP contribution is 2.32. The second-order valence-electron chi connectivity index (χ2n) is 11.4. The predicted octanol–water partition coefficient (Wildman–Crippen LogP) is 4.67. The number of hydrogen-bond acceptors (Lipinski definition) is 6. The number of rotatable bonds is 11. The molecule has 2 aliphatic rings. The Hall–Kier alpha value is -3.95. The molecule has 4 atom stereocenters. The fraction of sp³-hybridized carbons (Fsp3) is 0.441. The molecule has 0 radical (unpaired) electrons. The molecule has 3 amide bonds. The molecule has 0 bridgehead atoms. The van der Waals surface area contributed by atoms with E-state index in [1.807, 2.05) is 62.4 Å². The van der Waals surface area contributed by atoms with Crippen LogP contribution in [-0.2, 0) is 32.0 Å². The molecular formula is C34H42N4O5. The zero-order valence-electron chi connectivity index (χ0n) is 25.1. The van der Waals surface area contributed by atoms with E-state index in [2.05, 4.69) is 24.3 Å². The molecule has 0 spiro atoms. The van der Waals surface area contributed by atoms with Crippen LogP contribution in [0.15, 0.2) is 72.8 Å². The van der Waals surface area contributed by atoms with Gasteiger partial charge in [-0.1, -0.05) is 79.7 Å². The second-order valence-corrected chi connectivity index (χ2v) is 11.4. The molecule has 3 aromatic rings. The molecule has 2 saturated heterocycles. The van der Waals surface area contributed by atoms with Gasteiger partial charge in [-0.2, -0.15) is 5.06 Å². The molecule has 228 valence electrons. The zero-order chi connectivity index (χ0) is 30.3. The molecule has 43 heavy (non-hydrogen) atoms. The Labute approximate surface area is 253 Å². The van der Waals surface area contributed by atoms with Crippen molar-refractivity contribution < 1.29 is 24.0 Å². The molecule has 2 N–H and O–H groups in total. The monoisotopic (exact) mass is 586 g/mol. The van der Waals surface area contributed by atoms with E-state index in [9.17, 15) is 14.4 Å². The first-order valence-corrected chi connectivity index (χ1v) is 15.4. The third-order valence-electron chi connectivity index (χ3n) is 8.46. The number of benzene rings is 3. The lowest BCUT2D eigenvalue weighted by atomic mass is 9.97. The minimum Gasteiger partial charge on any atom is -0.445 e. The minimum atomic E-state index is -0.963. The highest BCUT2D eigenvalue weighted by atomic mass is 16.7. The SMILES string of the molecule is CC[C@H](C)OC(=O)N1O[C@H](Cc2ccccc2)C(=O)N2C1CN(CCc1cccc3ccccc13)C(=O)[C@@H]2CCCCN. The number of fused-ring (bicyclic) bond motifs is 2. The third kappa shape index (κ3) is 6.84. The summed E-state index contributed by atoms with van der Waals surface area (Å²) in [6, 6.07) is 23.2. The summed E-state index contributed by atoms with van der Waals surface area (Å²) < 4.78 is 5.70. The number of hydroxylamine groups is 2. The quantitative estimate of drug-likeness (QED) is 0.328. The first-order chi connectivity index (χ1) is 20.9. The van der Waals surface area contributed by atoms with E-state index in [4.69, 9.17) is 15.3 Å². The van der Waals surface area contributed by atoms with E-state index in [1.165, 1.54) is 5.06 Å². The van der Waals surface area contributed by atoms with E-state index in [0.29, 0.717) is 38.8 Å². The summed E-state index contributed by atoms with van der Waals surface area (Å²) in [4.78, 5) is 51.2. The first kappa shape index (κ1) is 30.5. The van der Waals surface area contributed by atoms with Gasteiger partial charge in [0.1, 0.15) is 12.1 Å². The molecule has 5 rings (SSSR count). The Morgan fingerprint density at radius 3 is 2.51 bits per heavy atom. The predicted molar refractivity (Wildman–Crippen MR) is 165 cm³/mol. The minimum absolute atomic E-state index is 0.113. The lowest BCUT2D eigenvalue weighted by Crippen LogP contribution is -2.73. The van der Waals surface area contributed by atoms with E-state index in [0.717, 1.165) is 28.3 Å². The average molecular weight is 587 g/mol. The summed E-state index contributed by atoms with van der Waals surface area (Å²) in [6.07, 6.45) is 0.662. The Bertz CT molecular complexity index is 1410. The molecular weight excluding hydrogens is 544 g/mol. The van der Waals surface area contributed by atoms with Crippen LogP contribution < -0.4 is 5.73 Å². The van der Waals surface area contributed by atoms with Gasteiger partial charge in [0.2, 0.25) is 5.91 Å². The van der Waals surface area contributed by atoms with Gasteiger partial charge in [0.05, 0.1) is 6.54 Å². The molecule has 2 heterocycles. The number of amides is 3. The number of carbonyl (C=O) groups is 3. The normalized spacial score (nSPS) is 21.2. The number of hydrogen-bond donors (Lipinski definition) is 1. The smallest absolute Gasteiger partial charge is 0.436 e. The highest BCUT2D eigenvalue weighted by molar-refractivity contribution is 5.92. The summed E-state index contributed by atoms with van der Waals surface area (Å²) in [6.45, 7) is 4.83. The van der Waals surface area contributed by atoms with Gasteiger partial charge in [0.15, 0.2) is 12.3 Å². The molecule has 0 aromatic heterocycles. The Kier molecular flexibility index (Phi) is 9.94. The number of carbonyl (C=O) groups excluding carboxylic acids is 3. The van der Waals surface area contributed by atoms with Crippen LogP contribution in [0.25, 0.3) is 10.8 Å². The molecule has 1 unspecified atom stereocenters. The lowest BCUT2D eigenvalue weighted by molar-refractivity contribution is -0.267. The van der Waals surface area contributed by atoms with E-state index in [-0.39, 0.29) is 30.9 Å². The van der Waals surface area contributed by atoms with Gasteiger partial charge >= 0.3 is 6.09 Å². The summed E-state index contributed by atoms with van der Waals surface area (Å²) in [5.41, 5.74) is 7.82. The van der Waals surface area contributed by atoms with Crippen molar-refractivity contribution in [1.82, 2.24) is 14.9 Å². The van der Waals surface area contributed by atoms with Crippen molar-refractivity contribution in [2.24, 2.45) is 5.73 Å². The van der Waals surface area contributed by atoms with Gasteiger partial charge in [-0.15, -0.1) is 0 Å². The second kappa shape index (κ2) is 14.0. The van der Waals surface area contributed by atoms with Crippen molar-refractivity contribution >= 4 is 28.7 Å². The van der Waals surface area contributed by atoms with Gasteiger partial charge in [-0.25, -0.2) is 4.79 Å². The van der Waals surface area contributed by atoms with Crippen LogP contribution in [0.3, 0.4) is 0 Å². The van der Waals surface area contributed by atoms with Crippen LogP contribution in [-0.4, -0.2) is 76.8 Å². The van der Waals surface area contributed by atoms with Crippen molar-refractivity contribution in [1.29, 1.82) is 0 Å². The van der Waals surface area contributed by atoms with E-state index < -0.39 is 24.4 Å². The standard InChI is InChI=1S/C34H42N4O5/c1-3-24(2)42-34(41)38-31-23-36(21-19-27-16-11-15-26-14-7-8-17-28(26)27)32(39)29(18-9-10-20-35)37(31)33(40)30(43-38)22-25-12-5-4-6-13-25/h4-8,11-17,24,29-31H,3,9-10,18-23,35H2,1-2H3/t24-,29-,30+,31?/m0/s1. The molecule has 0 aliphatic carbocycles. The fourth-order valence-electron chi connectivity index (χ4n) is 5.96. The van der Waals surface area contributed by atoms with E-state index in [1.54, 1.807) is 9.80 Å². The topological polar surface area (TPSA) is 105 Å². The highest BCUT2D eigenvalue weighted by Gasteiger charge is 2.53. The van der Waals surface area contributed by atoms with Crippen LogP contribution in [0.2, 0.25) is 0 Å². The number of nitrogens with zero attached hydrogens (tertiary/aromatic N) is 3. The summed E-state index contributed by atoms with van der Waals surface area (Å²) >= 11 is 0. The van der Waals surface area contributed by atoms with Crippen molar-refractivity contribution in [3.8, 4) is 0 Å². The maximum absolute atomic E-state index is 14.1. The van der Waals surface area contributed by atoms with Gasteiger partial charge in [-0.3, -0.25) is 14.4 Å². The molecule has 3 aromatic carbocycles. The van der Waals surface area contributed by atoms with Crippen molar-refractivity contribution in [3.63, 3.8) is 0 Å². The summed E-state index contributed by atoms with van der Waals surface area (Å²) in [7, 11) is 0. The molecule has 9 heteroatoms. The maximum atomic E-state index is 14.1. The van der Waals surface area contributed by atoms with Crippen molar-refractivity contribution in [3.05, 3.63) is 83.9 Å².